The predicted octanol–water partition coefficient (Wildman–Crippen LogP) is 7.46. The first-order valence-corrected chi connectivity index (χ1v) is 11.8. The number of nitrogens with one attached hydrogen (secondary N) is 2. The van der Waals surface area contributed by atoms with Gasteiger partial charge in [-0.2, -0.15) is 5.26 Å². The second kappa shape index (κ2) is 11.1. The highest BCUT2D eigenvalue weighted by atomic mass is 35.5. The van der Waals surface area contributed by atoms with Gasteiger partial charge in [-0.05, 0) is 78.2 Å². The summed E-state index contributed by atoms with van der Waals surface area (Å²) in [4.78, 5) is 25.2. The lowest BCUT2D eigenvalue weighted by Gasteiger charge is -2.16. The van der Waals surface area contributed by atoms with Crippen molar-refractivity contribution in [2.45, 2.75) is 12.8 Å². The van der Waals surface area contributed by atoms with Crippen molar-refractivity contribution < 1.29 is 9.59 Å². The Hall–Kier alpha value is -4.11. The fourth-order valence-electron chi connectivity index (χ4n) is 3.73. The van der Waals surface area contributed by atoms with E-state index in [9.17, 15) is 14.9 Å². The standard InChI is InChI=1S/C29H21Cl2N3O2/c1-18-15-24(25(17-32)19-7-11-22(30)12-8-19)26(31)16-27(18)34-29(36)21-9-13-23(14-10-21)33-28(35)20-5-3-2-4-6-20/h2-16,25H,1H3,(H,33,35)(H,34,36). The Labute approximate surface area is 219 Å². The molecule has 0 aliphatic heterocycles. The second-order valence-electron chi connectivity index (χ2n) is 8.15. The number of halogens is 2. The van der Waals surface area contributed by atoms with Gasteiger partial charge in [0.05, 0.1) is 12.0 Å². The third-order valence-corrected chi connectivity index (χ3v) is 6.26. The monoisotopic (exact) mass is 513 g/mol. The Balaban J connectivity index is 1.48. The van der Waals surface area contributed by atoms with Crippen LogP contribution in [0.1, 0.15) is 43.3 Å². The molecule has 1 unspecified atom stereocenters. The van der Waals surface area contributed by atoms with Crippen LogP contribution < -0.4 is 10.6 Å². The van der Waals surface area contributed by atoms with Gasteiger partial charge in [-0.15, -0.1) is 0 Å². The van der Waals surface area contributed by atoms with Crippen molar-refractivity contribution in [2.24, 2.45) is 0 Å². The fourth-order valence-corrected chi connectivity index (χ4v) is 4.13. The number of carbonyl (C=O) groups is 2. The molecule has 2 N–H and O–H groups in total. The van der Waals surface area contributed by atoms with Crippen LogP contribution in [0, 0.1) is 18.3 Å². The van der Waals surface area contributed by atoms with Crippen LogP contribution in [0.5, 0.6) is 0 Å². The molecule has 0 saturated carbocycles. The number of benzene rings is 4. The first-order valence-electron chi connectivity index (χ1n) is 11.1. The molecule has 0 aliphatic rings. The fraction of sp³-hybridized carbons (Fsp3) is 0.0690. The van der Waals surface area contributed by atoms with E-state index < -0.39 is 5.92 Å². The Bertz CT molecular complexity index is 1450. The van der Waals surface area contributed by atoms with Crippen LogP contribution in [0.2, 0.25) is 10.0 Å². The van der Waals surface area contributed by atoms with E-state index in [0.717, 1.165) is 11.1 Å². The van der Waals surface area contributed by atoms with E-state index in [4.69, 9.17) is 23.2 Å². The maximum atomic E-state index is 12.9. The average molecular weight is 514 g/mol. The van der Waals surface area contributed by atoms with Gasteiger partial charge in [-0.3, -0.25) is 9.59 Å². The molecule has 0 heterocycles. The summed E-state index contributed by atoms with van der Waals surface area (Å²) in [7, 11) is 0. The summed E-state index contributed by atoms with van der Waals surface area (Å²) < 4.78 is 0. The lowest BCUT2D eigenvalue weighted by atomic mass is 9.91. The minimum absolute atomic E-state index is 0.229. The van der Waals surface area contributed by atoms with E-state index in [1.54, 1.807) is 78.9 Å². The number of rotatable bonds is 6. The Kier molecular flexibility index (Phi) is 7.70. The van der Waals surface area contributed by atoms with Crippen molar-refractivity contribution in [1.82, 2.24) is 0 Å². The first-order chi connectivity index (χ1) is 17.4. The normalized spacial score (nSPS) is 11.3. The topological polar surface area (TPSA) is 82.0 Å². The molecule has 0 spiro atoms. The molecule has 4 aromatic carbocycles. The number of nitriles is 1. The van der Waals surface area contributed by atoms with Gasteiger partial charge in [0.25, 0.3) is 11.8 Å². The largest absolute Gasteiger partial charge is 0.322 e. The molecule has 0 radical (unpaired) electrons. The molecule has 5 nitrogen and oxygen atoms in total. The molecule has 178 valence electrons. The van der Waals surface area contributed by atoms with Crippen LogP contribution in [0.3, 0.4) is 0 Å². The van der Waals surface area contributed by atoms with Gasteiger partial charge in [-0.25, -0.2) is 0 Å². The Morgan fingerprint density at radius 1 is 0.806 bits per heavy atom. The molecular weight excluding hydrogens is 493 g/mol. The Morgan fingerprint density at radius 2 is 1.42 bits per heavy atom. The molecule has 0 aromatic heterocycles. The quantitative estimate of drug-likeness (QED) is 0.280. The minimum atomic E-state index is -0.572. The van der Waals surface area contributed by atoms with E-state index in [0.29, 0.717) is 38.1 Å². The third-order valence-electron chi connectivity index (χ3n) is 5.68. The summed E-state index contributed by atoms with van der Waals surface area (Å²) in [6.45, 7) is 1.84. The van der Waals surface area contributed by atoms with Crippen LogP contribution >= 0.6 is 23.2 Å². The molecule has 2 amide bonds. The zero-order valence-corrected chi connectivity index (χ0v) is 20.8. The van der Waals surface area contributed by atoms with Gasteiger partial charge in [0.2, 0.25) is 0 Å². The van der Waals surface area contributed by atoms with Crippen molar-refractivity contribution in [1.29, 1.82) is 5.26 Å². The van der Waals surface area contributed by atoms with Gasteiger partial charge in [-0.1, -0.05) is 59.6 Å². The number of aryl methyl sites for hydroxylation is 1. The molecule has 4 aromatic rings. The van der Waals surface area contributed by atoms with Crippen molar-refractivity contribution in [2.75, 3.05) is 10.6 Å². The smallest absolute Gasteiger partial charge is 0.255 e. The summed E-state index contributed by atoms with van der Waals surface area (Å²) in [5.74, 6) is -1.12. The zero-order chi connectivity index (χ0) is 25.7. The number of anilines is 2. The van der Waals surface area contributed by atoms with Gasteiger partial charge in [0.15, 0.2) is 0 Å². The lowest BCUT2D eigenvalue weighted by molar-refractivity contribution is 0.102. The number of amides is 2. The summed E-state index contributed by atoms with van der Waals surface area (Å²) in [5, 5.41) is 16.4. The molecule has 1 atom stereocenters. The molecule has 7 heteroatoms. The third kappa shape index (κ3) is 5.75. The summed E-state index contributed by atoms with van der Waals surface area (Å²) >= 11 is 12.5. The summed E-state index contributed by atoms with van der Waals surface area (Å²) in [6.07, 6.45) is 0. The molecule has 36 heavy (non-hydrogen) atoms. The van der Waals surface area contributed by atoms with E-state index in [2.05, 4.69) is 16.7 Å². The van der Waals surface area contributed by atoms with Crippen molar-refractivity contribution in [3.8, 4) is 6.07 Å². The molecule has 4 rings (SSSR count). The number of hydrogen-bond donors (Lipinski definition) is 2. The SMILES string of the molecule is Cc1cc(C(C#N)c2ccc(Cl)cc2)c(Cl)cc1NC(=O)c1ccc(NC(=O)c2ccccc2)cc1. The molecule has 0 fully saturated rings. The predicted molar refractivity (Wildman–Crippen MR) is 144 cm³/mol. The Morgan fingerprint density at radius 3 is 2.06 bits per heavy atom. The summed E-state index contributed by atoms with van der Waals surface area (Å²) in [5.41, 5.74) is 4.28. The average Bonchev–Trinajstić information content (AvgIpc) is 2.89. The summed E-state index contributed by atoms with van der Waals surface area (Å²) in [6, 6.07) is 28.3. The van der Waals surface area contributed by atoms with Crippen molar-refractivity contribution >= 4 is 46.4 Å². The molecule has 0 bridgehead atoms. The lowest BCUT2D eigenvalue weighted by Crippen LogP contribution is -2.14. The maximum absolute atomic E-state index is 12.9. The van der Waals surface area contributed by atoms with Gasteiger partial charge >= 0.3 is 0 Å². The number of hydrogen-bond acceptors (Lipinski definition) is 3. The second-order valence-corrected chi connectivity index (χ2v) is 9.00. The first kappa shape index (κ1) is 25.0. The van der Waals surface area contributed by atoms with E-state index in [1.807, 2.05) is 19.1 Å². The van der Waals surface area contributed by atoms with Gasteiger partial charge < -0.3 is 10.6 Å². The van der Waals surface area contributed by atoms with E-state index in [-0.39, 0.29) is 11.8 Å². The van der Waals surface area contributed by atoms with E-state index >= 15 is 0 Å². The van der Waals surface area contributed by atoms with Gasteiger partial charge in [0.1, 0.15) is 0 Å². The molecule has 0 aliphatic carbocycles. The van der Waals surface area contributed by atoms with Crippen LogP contribution in [0.4, 0.5) is 11.4 Å². The van der Waals surface area contributed by atoms with Crippen molar-refractivity contribution in [3.63, 3.8) is 0 Å². The van der Waals surface area contributed by atoms with Crippen LogP contribution in [0.25, 0.3) is 0 Å². The molecule has 0 saturated heterocycles. The van der Waals surface area contributed by atoms with Gasteiger partial charge in [0, 0.05) is 32.5 Å². The number of carbonyl (C=O) groups excluding carboxylic acids is 2. The highest BCUT2D eigenvalue weighted by molar-refractivity contribution is 6.32. The van der Waals surface area contributed by atoms with Crippen LogP contribution in [-0.2, 0) is 0 Å². The number of nitrogens with zero attached hydrogens (tertiary/aromatic N) is 1. The van der Waals surface area contributed by atoms with Crippen LogP contribution in [0.15, 0.2) is 91.0 Å². The van der Waals surface area contributed by atoms with E-state index in [1.165, 1.54) is 0 Å². The maximum Gasteiger partial charge on any atom is 0.255 e. The van der Waals surface area contributed by atoms with Crippen LogP contribution in [-0.4, -0.2) is 11.8 Å². The zero-order valence-electron chi connectivity index (χ0n) is 19.3. The highest BCUT2D eigenvalue weighted by Gasteiger charge is 2.19. The minimum Gasteiger partial charge on any atom is -0.322 e. The molecular formula is C29H21Cl2N3O2. The van der Waals surface area contributed by atoms with Crippen molar-refractivity contribution in [3.05, 3.63) is 129 Å². The highest BCUT2D eigenvalue weighted by Crippen LogP contribution is 2.34.